The molecule has 0 saturated heterocycles. The van der Waals surface area contributed by atoms with Gasteiger partial charge in [0, 0.05) is 5.56 Å². The number of aliphatic hydroxyl groups excluding tert-OH is 1. The summed E-state index contributed by atoms with van der Waals surface area (Å²) in [6.45, 7) is 3.95. The van der Waals surface area contributed by atoms with Crippen molar-refractivity contribution in [3.05, 3.63) is 45.6 Å². The molecule has 0 bridgehead atoms. The Morgan fingerprint density at radius 3 is 2.38 bits per heavy atom. The van der Waals surface area contributed by atoms with Crippen molar-refractivity contribution in [1.29, 1.82) is 0 Å². The van der Waals surface area contributed by atoms with Crippen LogP contribution in [0.4, 0.5) is 0 Å². The van der Waals surface area contributed by atoms with E-state index in [2.05, 4.69) is 13.8 Å². The van der Waals surface area contributed by atoms with E-state index < -0.39 is 0 Å². The lowest BCUT2D eigenvalue weighted by molar-refractivity contribution is 0.281. The molecule has 0 aliphatic rings. The third kappa shape index (κ3) is 2.39. The molecule has 0 radical (unpaired) electrons. The Balaban J connectivity index is 3.24. The first-order chi connectivity index (χ1) is 6.15. The van der Waals surface area contributed by atoms with Crippen molar-refractivity contribution in [2.75, 3.05) is 0 Å². The van der Waals surface area contributed by atoms with Gasteiger partial charge in [-0.15, -0.1) is 0 Å². The quantitative estimate of drug-likeness (QED) is 0.747. The summed E-state index contributed by atoms with van der Waals surface area (Å²) in [7, 11) is 0. The fourth-order valence-corrected chi connectivity index (χ4v) is 1.13. The van der Waals surface area contributed by atoms with Gasteiger partial charge in [-0.3, -0.25) is 4.79 Å². The zero-order chi connectivity index (χ0) is 9.84. The Kier molecular flexibility index (Phi) is 3.20. The van der Waals surface area contributed by atoms with Gasteiger partial charge in [0.2, 0.25) is 0 Å². The normalized spacial score (nSPS) is 10.5. The highest BCUT2D eigenvalue weighted by Crippen LogP contribution is 2.11. The molecule has 0 aliphatic carbocycles. The van der Waals surface area contributed by atoms with E-state index in [4.69, 9.17) is 5.11 Å². The van der Waals surface area contributed by atoms with Gasteiger partial charge >= 0.3 is 0 Å². The minimum Gasteiger partial charge on any atom is -0.392 e. The SMILES string of the molecule is CC(C)c1ccc(CO)c(=O)cc1. The zero-order valence-corrected chi connectivity index (χ0v) is 7.95. The van der Waals surface area contributed by atoms with Crippen LogP contribution in [0.3, 0.4) is 0 Å². The minimum atomic E-state index is -0.189. The molecule has 1 N–H and O–H groups in total. The van der Waals surface area contributed by atoms with Crippen molar-refractivity contribution in [3.63, 3.8) is 0 Å². The first kappa shape index (κ1) is 9.93. The van der Waals surface area contributed by atoms with E-state index >= 15 is 0 Å². The molecule has 0 aromatic heterocycles. The number of rotatable bonds is 2. The van der Waals surface area contributed by atoms with Crippen molar-refractivity contribution in [2.45, 2.75) is 26.4 Å². The number of hydrogen-bond acceptors (Lipinski definition) is 2. The molecule has 0 atom stereocenters. The summed E-state index contributed by atoms with van der Waals surface area (Å²) >= 11 is 0. The molecule has 1 aromatic rings. The van der Waals surface area contributed by atoms with E-state index in [9.17, 15) is 4.79 Å². The fourth-order valence-electron chi connectivity index (χ4n) is 1.13. The molecule has 1 aromatic carbocycles. The molecule has 0 aliphatic heterocycles. The van der Waals surface area contributed by atoms with Gasteiger partial charge in [-0.05, 0) is 17.5 Å². The molecular weight excluding hydrogens is 164 g/mol. The second-order valence-corrected chi connectivity index (χ2v) is 3.37. The van der Waals surface area contributed by atoms with Crippen LogP contribution in [0.25, 0.3) is 0 Å². The van der Waals surface area contributed by atoms with Crippen LogP contribution in [0, 0.1) is 0 Å². The summed E-state index contributed by atoms with van der Waals surface area (Å²) in [6.07, 6.45) is 0. The molecule has 1 rings (SSSR count). The van der Waals surface area contributed by atoms with Gasteiger partial charge in [0.1, 0.15) is 0 Å². The van der Waals surface area contributed by atoms with Crippen molar-refractivity contribution >= 4 is 0 Å². The highest BCUT2D eigenvalue weighted by Gasteiger charge is 1.98. The molecule has 0 fully saturated rings. The first-order valence-corrected chi connectivity index (χ1v) is 4.39. The maximum Gasteiger partial charge on any atom is 0.184 e. The van der Waals surface area contributed by atoms with Gasteiger partial charge in [0.15, 0.2) is 5.43 Å². The van der Waals surface area contributed by atoms with E-state index in [-0.39, 0.29) is 12.0 Å². The second-order valence-electron chi connectivity index (χ2n) is 3.37. The summed E-state index contributed by atoms with van der Waals surface area (Å²) in [5, 5.41) is 8.86. The Morgan fingerprint density at radius 1 is 1.23 bits per heavy atom. The summed E-state index contributed by atoms with van der Waals surface area (Å²) in [4.78, 5) is 11.3. The molecule has 0 heterocycles. The average molecular weight is 178 g/mol. The molecule has 0 spiro atoms. The Morgan fingerprint density at radius 2 is 1.85 bits per heavy atom. The van der Waals surface area contributed by atoms with Crippen LogP contribution in [0.5, 0.6) is 0 Å². The van der Waals surface area contributed by atoms with Gasteiger partial charge in [-0.1, -0.05) is 32.0 Å². The second kappa shape index (κ2) is 4.19. The van der Waals surface area contributed by atoms with E-state index in [1.165, 1.54) is 6.07 Å². The predicted molar refractivity (Wildman–Crippen MR) is 52.7 cm³/mol. The highest BCUT2D eigenvalue weighted by molar-refractivity contribution is 5.22. The molecule has 70 valence electrons. The Labute approximate surface area is 77.9 Å². The molecule has 13 heavy (non-hydrogen) atoms. The summed E-state index contributed by atoms with van der Waals surface area (Å²) in [5.74, 6) is 0.401. The zero-order valence-electron chi connectivity index (χ0n) is 7.95. The van der Waals surface area contributed by atoms with Gasteiger partial charge in [-0.25, -0.2) is 0 Å². The van der Waals surface area contributed by atoms with Crippen molar-refractivity contribution < 1.29 is 5.11 Å². The molecule has 0 saturated carbocycles. The van der Waals surface area contributed by atoms with Crippen LogP contribution >= 0.6 is 0 Å². The molecule has 0 unspecified atom stereocenters. The first-order valence-electron chi connectivity index (χ1n) is 4.39. The van der Waals surface area contributed by atoms with Gasteiger partial charge in [0.05, 0.1) is 6.61 Å². The third-order valence-electron chi connectivity index (χ3n) is 2.06. The Bertz CT molecular complexity index is 342. The van der Waals surface area contributed by atoms with Crippen LogP contribution in [0.1, 0.15) is 30.9 Å². The van der Waals surface area contributed by atoms with E-state index in [1.807, 2.05) is 12.1 Å². The monoisotopic (exact) mass is 178 g/mol. The van der Waals surface area contributed by atoms with Gasteiger partial charge in [-0.2, -0.15) is 0 Å². The topological polar surface area (TPSA) is 37.3 Å². The lowest BCUT2D eigenvalue weighted by Gasteiger charge is -1.99. The predicted octanol–water partition coefficient (Wildman–Crippen LogP) is 1.66. The van der Waals surface area contributed by atoms with Crippen LogP contribution < -0.4 is 5.43 Å². The number of hydrogen-bond donors (Lipinski definition) is 1. The van der Waals surface area contributed by atoms with Crippen LogP contribution in [-0.2, 0) is 6.61 Å². The van der Waals surface area contributed by atoms with Crippen LogP contribution in [0.2, 0.25) is 0 Å². The molecule has 2 heteroatoms. The van der Waals surface area contributed by atoms with E-state index in [1.54, 1.807) is 6.07 Å². The van der Waals surface area contributed by atoms with Crippen molar-refractivity contribution in [2.24, 2.45) is 0 Å². The van der Waals surface area contributed by atoms with Crippen molar-refractivity contribution in [1.82, 2.24) is 0 Å². The molecular formula is C11H14O2. The number of aliphatic hydroxyl groups is 1. The van der Waals surface area contributed by atoms with Gasteiger partial charge in [0.25, 0.3) is 0 Å². The summed E-state index contributed by atoms with van der Waals surface area (Å²) in [5.41, 5.74) is 1.46. The maximum absolute atomic E-state index is 11.3. The Hall–Kier alpha value is -1.15. The van der Waals surface area contributed by atoms with Crippen LogP contribution in [0.15, 0.2) is 29.1 Å². The van der Waals surface area contributed by atoms with E-state index in [0.29, 0.717) is 11.5 Å². The molecule has 0 amide bonds. The standard InChI is InChI=1S/C11H14O2/c1-8(2)9-3-4-10(7-12)11(13)6-5-9/h3-6,8,12H,7H2,1-2H3. The lowest BCUT2D eigenvalue weighted by atomic mass is 10.1. The molecule has 2 nitrogen and oxygen atoms in total. The largest absolute Gasteiger partial charge is 0.392 e. The lowest BCUT2D eigenvalue weighted by Crippen LogP contribution is -2.02. The summed E-state index contributed by atoms with van der Waals surface area (Å²) in [6, 6.07) is 6.91. The fraction of sp³-hybridized carbons (Fsp3) is 0.364. The third-order valence-corrected chi connectivity index (χ3v) is 2.06. The highest BCUT2D eigenvalue weighted by atomic mass is 16.3. The van der Waals surface area contributed by atoms with Crippen LogP contribution in [-0.4, -0.2) is 5.11 Å². The maximum atomic E-state index is 11.3. The van der Waals surface area contributed by atoms with Crippen molar-refractivity contribution in [3.8, 4) is 0 Å². The summed E-state index contributed by atoms with van der Waals surface area (Å²) < 4.78 is 0. The van der Waals surface area contributed by atoms with Gasteiger partial charge < -0.3 is 5.11 Å². The van der Waals surface area contributed by atoms with E-state index in [0.717, 1.165) is 5.56 Å². The minimum absolute atomic E-state index is 0.102. The average Bonchev–Trinajstić information content (AvgIpc) is 2.27. The smallest absolute Gasteiger partial charge is 0.184 e.